The Hall–Kier alpha value is -3.19. The van der Waals surface area contributed by atoms with E-state index in [9.17, 15) is 22.0 Å². The van der Waals surface area contributed by atoms with Gasteiger partial charge in [0.05, 0.1) is 17.9 Å². The van der Waals surface area contributed by atoms with Crippen LogP contribution in [0.5, 0.6) is 0 Å². The maximum absolute atomic E-state index is 14.4. The Morgan fingerprint density at radius 3 is 2.65 bits per heavy atom. The van der Waals surface area contributed by atoms with Gasteiger partial charge in [-0.2, -0.15) is 4.98 Å². The van der Waals surface area contributed by atoms with Gasteiger partial charge in [0.15, 0.2) is 23.6 Å². The SMILES string of the molecule is CS(=O)(=O)N(c1ncc(C(=O)c2c(F)c(F)cc3ncoc23)c(N)n1)C1CCNCC1. The summed E-state index contributed by atoms with van der Waals surface area (Å²) in [6.45, 7) is 1.24. The molecule has 13 heteroatoms. The Labute approximate surface area is 175 Å². The number of oxazole rings is 1. The largest absolute Gasteiger partial charge is 0.443 e. The number of nitrogens with two attached hydrogens (primary N) is 1. The lowest BCUT2D eigenvalue weighted by Crippen LogP contribution is -2.46. The Bertz CT molecular complexity index is 1270. The van der Waals surface area contributed by atoms with Crippen LogP contribution in [-0.4, -0.2) is 54.5 Å². The fraction of sp³-hybridized carbons (Fsp3) is 0.333. The maximum Gasteiger partial charge on any atom is 0.241 e. The zero-order chi connectivity index (χ0) is 22.3. The minimum atomic E-state index is -3.75. The van der Waals surface area contributed by atoms with Gasteiger partial charge in [-0.15, -0.1) is 0 Å². The predicted molar refractivity (Wildman–Crippen MR) is 107 cm³/mol. The van der Waals surface area contributed by atoms with Gasteiger partial charge in [-0.1, -0.05) is 0 Å². The number of hydrogen-bond donors (Lipinski definition) is 2. The summed E-state index contributed by atoms with van der Waals surface area (Å²) < 4.78 is 59.2. The lowest BCUT2D eigenvalue weighted by Gasteiger charge is -2.32. The molecule has 0 radical (unpaired) electrons. The van der Waals surface area contributed by atoms with Gasteiger partial charge in [-0.25, -0.2) is 31.5 Å². The number of nitrogen functional groups attached to an aromatic ring is 1. The summed E-state index contributed by atoms with van der Waals surface area (Å²) in [5.74, 6) is -4.31. The molecule has 0 atom stereocenters. The number of aromatic nitrogens is 3. The van der Waals surface area contributed by atoms with Crippen molar-refractivity contribution in [2.75, 3.05) is 29.4 Å². The van der Waals surface area contributed by atoms with Crippen LogP contribution in [0.2, 0.25) is 0 Å². The zero-order valence-corrected chi connectivity index (χ0v) is 17.1. The summed E-state index contributed by atoms with van der Waals surface area (Å²) >= 11 is 0. The van der Waals surface area contributed by atoms with Crippen molar-refractivity contribution in [3.63, 3.8) is 0 Å². The second kappa shape index (κ2) is 7.81. The first kappa shape index (κ1) is 21.1. The Kier molecular flexibility index (Phi) is 5.31. The number of sulfonamides is 1. The van der Waals surface area contributed by atoms with E-state index in [-0.39, 0.29) is 34.5 Å². The van der Waals surface area contributed by atoms with Crippen molar-refractivity contribution in [1.82, 2.24) is 20.3 Å². The number of nitrogens with one attached hydrogen (secondary N) is 1. The molecule has 0 aliphatic carbocycles. The topological polar surface area (TPSA) is 144 Å². The van der Waals surface area contributed by atoms with Crippen LogP contribution >= 0.6 is 0 Å². The molecule has 164 valence electrons. The molecular weight excluding hydrogens is 434 g/mol. The number of ketones is 1. The molecule has 4 rings (SSSR count). The third kappa shape index (κ3) is 3.81. The van der Waals surface area contributed by atoms with Gasteiger partial charge in [0.1, 0.15) is 16.9 Å². The second-order valence-electron chi connectivity index (χ2n) is 7.09. The number of anilines is 2. The zero-order valence-electron chi connectivity index (χ0n) is 16.3. The summed E-state index contributed by atoms with van der Waals surface area (Å²) in [7, 11) is -3.75. The van der Waals surface area contributed by atoms with Gasteiger partial charge in [-0.05, 0) is 25.9 Å². The highest BCUT2D eigenvalue weighted by molar-refractivity contribution is 7.92. The molecule has 10 nitrogen and oxygen atoms in total. The molecule has 1 fully saturated rings. The van der Waals surface area contributed by atoms with Gasteiger partial charge < -0.3 is 15.5 Å². The Morgan fingerprint density at radius 1 is 1.29 bits per heavy atom. The van der Waals surface area contributed by atoms with Gasteiger partial charge in [0.25, 0.3) is 0 Å². The quantitative estimate of drug-likeness (QED) is 0.546. The van der Waals surface area contributed by atoms with Crippen LogP contribution in [-0.2, 0) is 10.0 Å². The number of benzene rings is 1. The van der Waals surface area contributed by atoms with E-state index in [0.717, 1.165) is 29.2 Å². The van der Waals surface area contributed by atoms with Crippen LogP contribution in [0.1, 0.15) is 28.8 Å². The van der Waals surface area contributed by atoms with Crippen molar-refractivity contribution in [3.8, 4) is 0 Å². The number of nitrogens with zero attached hydrogens (tertiary/aromatic N) is 4. The summed E-state index contributed by atoms with van der Waals surface area (Å²) in [5, 5.41) is 3.14. The summed E-state index contributed by atoms with van der Waals surface area (Å²) in [4.78, 5) is 24.7. The van der Waals surface area contributed by atoms with Crippen LogP contribution in [0.4, 0.5) is 20.5 Å². The molecule has 0 saturated carbocycles. The molecular formula is C18H18F2N6O4S. The van der Waals surface area contributed by atoms with Crippen molar-refractivity contribution in [2.24, 2.45) is 0 Å². The first-order valence-corrected chi connectivity index (χ1v) is 11.1. The normalized spacial score (nSPS) is 15.3. The van der Waals surface area contributed by atoms with Gasteiger partial charge in [0, 0.05) is 12.3 Å². The average molecular weight is 452 g/mol. The number of rotatable bonds is 5. The highest BCUT2D eigenvalue weighted by Gasteiger charge is 2.32. The van der Waals surface area contributed by atoms with Gasteiger partial charge >= 0.3 is 0 Å². The molecule has 3 heterocycles. The molecule has 3 aromatic rings. The first-order valence-electron chi connectivity index (χ1n) is 9.27. The number of halogens is 2. The standard InChI is InChI=1S/C18H18F2N6O4S/c1-31(28,29)26(9-2-4-22-5-3-9)18-23-7-10(17(21)25-18)15(27)13-14(20)11(19)6-12-16(13)30-8-24-12/h6-9,22H,2-5H2,1H3,(H2,21,23,25). The fourth-order valence-electron chi connectivity index (χ4n) is 3.57. The third-order valence-corrected chi connectivity index (χ3v) is 6.16. The van der Waals surface area contributed by atoms with Crippen molar-refractivity contribution < 1.29 is 26.4 Å². The van der Waals surface area contributed by atoms with Crippen molar-refractivity contribution in [3.05, 3.63) is 41.4 Å². The molecule has 0 bridgehead atoms. The molecule has 0 spiro atoms. The van der Waals surface area contributed by atoms with E-state index in [4.69, 9.17) is 10.2 Å². The van der Waals surface area contributed by atoms with E-state index in [1.54, 1.807) is 0 Å². The number of carbonyl (C=O) groups is 1. The minimum Gasteiger partial charge on any atom is -0.443 e. The number of fused-ring (bicyclic) bond motifs is 1. The van der Waals surface area contributed by atoms with Crippen molar-refractivity contribution in [2.45, 2.75) is 18.9 Å². The summed E-state index contributed by atoms with van der Waals surface area (Å²) in [6, 6.07) is 0.420. The molecule has 0 amide bonds. The van der Waals surface area contributed by atoms with Crippen LogP contribution < -0.4 is 15.4 Å². The average Bonchev–Trinajstić information content (AvgIpc) is 3.16. The molecule has 3 N–H and O–H groups in total. The number of hydrogen-bond acceptors (Lipinski definition) is 9. The monoisotopic (exact) mass is 452 g/mol. The molecule has 1 aliphatic rings. The van der Waals surface area contributed by atoms with E-state index < -0.39 is 33.0 Å². The predicted octanol–water partition coefficient (Wildman–Crippen LogP) is 1.23. The molecule has 1 saturated heterocycles. The highest BCUT2D eigenvalue weighted by Crippen LogP contribution is 2.28. The van der Waals surface area contributed by atoms with E-state index in [0.29, 0.717) is 25.9 Å². The molecule has 1 aliphatic heterocycles. The summed E-state index contributed by atoms with van der Waals surface area (Å²) in [5.41, 5.74) is 4.58. The number of piperidine rings is 1. The third-order valence-electron chi connectivity index (χ3n) is 4.99. The first-order chi connectivity index (χ1) is 14.7. The lowest BCUT2D eigenvalue weighted by atomic mass is 10.0. The van der Waals surface area contributed by atoms with Crippen molar-refractivity contribution in [1.29, 1.82) is 0 Å². The van der Waals surface area contributed by atoms with Crippen LogP contribution in [0.3, 0.4) is 0 Å². The maximum atomic E-state index is 14.4. The van der Waals surface area contributed by atoms with E-state index in [1.165, 1.54) is 0 Å². The molecule has 2 aromatic heterocycles. The smallest absolute Gasteiger partial charge is 0.241 e. The van der Waals surface area contributed by atoms with Crippen LogP contribution in [0.25, 0.3) is 11.1 Å². The molecule has 0 unspecified atom stereocenters. The minimum absolute atomic E-state index is 0.0486. The Morgan fingerprint density at radius 2 is 2.00 bits per heavy atom. The van der Waals surface area contributed by atoms with Crippen LogP contribution in [0, 0.1) is 11.6 Å². The molecule has 1 aromatic carbocycles. The van der Waals surface area contributed by atoms with Gasteiger partial charge in [-0.3, -0.25) is 4.79 Å². The summed E-state index contributed by atoms with van der Waals surface area (Å²) in [6.07, 6.45) is 4.04. The Balaban J connectivity index is 1.77. The van der Waals surface area contributed by atoms with Crippen LogP contribution in [0.15, 0.2) is 23.1 Å². The van der Waals surface area contributed by atoms with Gasteiger partial charge in [0.2, 0.25) is 21.8 Å². The second-order valence-corrected chi connectivity index (χ2v) is 8.95. The van der Waals surface area contributed by atoms with E-state index in [1.807, 2.05) is 0 Å². The fourth-order valence-corrected chi connectivity index (χ4v) is 4.71. The van der Waals surface area contributed by atoms with Crippen molar-refractivity contribution >= 4 is 38.7 Å². The van der Waals surface area contributed by atoms with E-state index in [2.05, 4.69) is 20.3 Å². The molecule has 31 heavy (non-hydrogen) atoms. The highest BCUT2D eigenvalue weighted by atomic mass is 32.2. The number of carbonyl (C=O) groups excluding carboxylic acids is 1. The van der Waals surface area contributed by atoms with E-state index >= 15 is 0 Å². The lowest BCUT2D eigenvalue weighted by molar-refractivity contribution is 0.103.